The Kier molecular flexibility index (Phi) is 5.70. The molecular weight excluding hydrogens is 383 g/mol. The fourth-order valence-corrected chi connectivity index (χ4v) is 3.92. The number of hydrogen-bond acceptors (Lipinski definition) is 2. The van der Waals surface area contributed by atoms with Gasteiger partial charge in [0.15, 0.2) is 0 Å². The minimum Gasteiger partial charge on any atom is -0.351 e. The van der Waals surface area contributed by atoms with Gasteiger partial charge in [-0.05, 0) is 61.6 Å². The SMILES string of the molecule is Cc1ccc2cc(C(=O)N3CCCC(CNC(=O)Nc4cccc(F)c4)C3)[nH]c2c1. The van der Waals surface area contributed by atoms with E-state index in [0.717, 1.165) is 29.3 Å². The van der Waals surface area contributed by atoms with Gasteiger partial charge in [0.1, 0.15) is 11.5 Å². The van der Waals surface area contributed by atoms with Gasteiger partial charge >= 0.3 is 6.03 Å². The summed E-state index contributed by atoms with van der Waals surface area (Å²) in [6, 6.07) is 13.4. The van der Waals surface area contributed by atoms with Gasteiger partial charge in [0.25, 0.3) is 5.91 Å². The van der Waals surface area contributed by atoms with Crippen molar-refractivity contribution in [2.45, 2.75) is 19.8 Å². The van der Waals surface area contributed by atoms with Crippen molar-refractivity contribution in [2.75, 3.05) is 25.0 Å². The van der Waals surface area contributed by atoms with Gasteiger partial charge in [-0.2, -0.15) is 0 Å². The molecule has 2 aromatic carbocycles. The Hall–Kier alpha value is -3.35. The maximum absolute atomic E-state index is 13.2. The molecule has 7 heteroatoms. The number of carbonyl (C=O) groups excluding carboxylic acids is 2. The smallest absolute Gasteiger partial charge is 0.319 e. The molecule has 1 atom stereocenters. The van der Waals surface area contributed by atoms with Crippen LogP contribution < -0.4 is 10.6 Å². The normalized spacial score (nSPS) is 16.5. The van der Waals surface area contributed by atoms with E-state index in [0.29, 0.717) is 31.0 Å². The van der Waals surface area contributed by atoms with Crippen molar-refractivity contribution >= 4 is 28.5 Å². The van der Waals surface area contributed by atoms with E-state index >= 15 is 0 Å². The number of H-pyrrole nitrogens is 1. The van der Waals surface area contributed by atoms with Crippen LogP contribution in [0.2, 0.25) is 0 Å². The Bertz CT molecular complexity index is 1080. The van der Waals surface area contributed by atoms with E-state index in [9.17, 15) is 14.0 Å². The number of fused-ring (bicyclic) bond motifs is 1. The summed E-state index contributed by atoms with van der Waals surface area (Å²) in [6.07, 6.45) is 1.83. The molecule has 0 bridgehead atoms. The number of hydrogen-bond donors (Lipinski definition) is 3. The van der Waals surface area contributed by atoms with E-state index in [-0.39, 0.29) is 17.9 Å². The Morgan fingerprint density at radius 1 is 1.20 bits per heavy atom. The van der Waals surface area contributed by atoms with Gasteiger partial charge in [-0.1, -0.05) is 18.2 Å². The Morgan fingerprint density at radius 3 is 2.90 bits per heavy atom. The first-order valence-electron chi connectivity index (χ1n) is 10.2. The number of nitrogens with zero attached hydrogens (tertiary/aromatic N) is 1. The molecule has 1 saturated heterocycles. The van der Waals surface area contributed by atoms with E-state index in [1.165, 1.54) is 12.1 Å². The summed E-state index contributed by atoms with van der Waals surface area (Å²) in [5, 5.41) is 6.48. The fraction of sp³-hybridized carbons (Fsp3) is 0.304. The average molecular weight is 408 g/mol. The van der Waals surface area contributed by atoms with E-state index in [1.54, 1.807) is 12.1 Å². The monoisotopic (exact) mass is 408 g/mol. The second kappa shape index (κ2) is 8.57. The summed E-state index contributed by atoms with van der Waals surface area (Å²) < 4.78 is 13.2. The number of aryl methyl sites for hydroxylation is 1. The van der Waals surface area contributed by atoms with Crippen molar-refractivity contribution in [2.24, 2.45) is 5.92 Å². The molecule has 0 saturated carbocycles. The third kappa shape index (κ3) is 4.62. The first-order chi connectivity index (χ1) is 14.5. The number of halogens is 1. The molecule has 0 spiro atoms. The van der Waals surface area contributed by atoms with Crippen LogP contribution >= 0.6 is 0 Å². The number of aromatic nitrogens is 1. The molecule has 156 valence electrons. The molecular formula is C23H25FN4O2. The lowest BCUT2D eigenvalue weighted by Crippen LogP contribution is -2.44. The third-order valence-corrected chi connectivity index (χ3v) is 5.45. The number of amides is 3. The average Bonchev–Trinajstić information content (AvgIpc) is 3.15. The van der Waals surface area contributed by atoms with Crippen LogP contribution in [0, 0.1) is 18.7 Å². The van der Waals surface area contributed by atoms with Crippen molar-refractivity contribution in [3.8, 4) is 0 Å². The van der Waals surface area contributed by atoms with E-state index < -0.39 is 5.82 Å². The number of anilines is 1. The van der Waals surface area contributed by atoms with Gasteiger partial charge in [0.2, 0.25) is 0 Å². The van der Waals surface area contributed by atoms with Crippen LogP contribution in [0.5, 0.6) is 0 Å². The summed E-state index contributed by atoms with van der Waals surface area (Å²) in [7, 11) is 0. The Morgan fingerprint density at radius 2 is 2.07 bits per heavy atom. The van der Waals surface area contributed by atoms with Gasteiger partial charge in [0.05, 0.1) is 0 Å². The molecule has 3 N–H and O–H groups in total. The predicted octanol–water partition coefficient (Wildman–Crippen LogP) is 4.29. The highest BCUT2D eigenvalue weighted by molar-refractivity contribution is 5.98. The molecule has 0 aliphatic carbocycles. The summed E-state index contributed by atoms with van der Waals surface area (Å²) in [6.45, 7) is 3.78. The molecule has 1 aliphatic heterocycles. The van der Waals surface area contributed by atoms with E-state index in [1.807, 2.05) is 36.1 Å². The van der Waals surface area contributed by atoms with Crippen molar-refractivity contribution in [1.29, 1.82) is 0 Å². The lowest BCUT2D eigenvalue weighted by Gasteiger charge is -2.32. The molecule has 3 amide bonds. The zero-order valence-electron chi connectivity index (χ0n) is 16.9. The van der Waals surface area contributed by atoms with E-state index in [2.05, 4.69) is 15.6 Å². The van der Waals surface area contributed by atoms with Crippen LogP contribution in [-0.2, 0) is 0 Å². The van der Waals surface area contributed by atoms with E-state index in [4.69, 9.17) is 0 Å². The molecule has 1 aromatic heterocycles. The summed E-state index contributed by atoms with van der Waals surface area (Å²) in [4.78, 5) is 30.1. The van der Waals surface area contributed by atoms with Crippen LogP contribution in [0.15, 0.2) is 48.5 Å². The number of aromatic amines is 1. The molecule has 1 aliphatic rings. The van der Waals surface area contributed by atoms with Gasteiger partial charge in [0, 0.05) is 36.2 Å². The second-order valence-corrected chi connectivity index (χ2v) is 7.88. The third-order valence-electron chi connectivity index (χ3n) is 5.45. The summed E-state index contributed by atoms with van der Waals surface area (Å²) in [5.74, 6) is -0.244. The number of nitrogens with one attached hydrogen (secondary N) is 3. The molecule has 1 fully saturated rings. The summed E-state index contributed by atoms with van der Waals surface area (Å²) >= 11 is 0. The quantitative estimate of drug-likeness (QED) is 0.602. The minimum atomic E-state index is -0.402. The maximum atomic E-state index is 13.2. The molecule has 3 aromatic rings. The van der Waals surface area contributed by atoms with Gasteiger partial charge in [-0.15, -0.1) is 0 Å². The first-order valence-corrected chi connectivity index (χ1v) is 10.2. The molecule has 30 heavy (non-hydrogen) atoms. The fourth-order valence-electron chi connectivity index (χ4n) is 3.92. The molecule has 4 rings (SSSR count). The van der Waals surface area contributed by atoms with Crippen molar-refractivity contribution in [3.05, 3.63) is 65.6 Å². The van der Waals surface area contributed by atoms with Crippen LogP contribution in [0.4, 0.5) is 14.9 Å². The predicted molar refractivity (Wildman–Crippen MR) is 115 cm³/mol. The van der Waals surface area contributed by atoms with Crippen LogP contribution in [-0.4, -0.2) is 41.5 Å². The highest BCUT2D eigenvalue weighted by Gasteiger charge is 2.25. The molecule has 0 radical (unpaired) electrons. The zero-order valence-corrected chi connectivity index (χ0v) is 16.9. The standard InChI is InChI=1S/C23H25FN4O2/c1-15-7-8-17-11-21(27-20(17)10-15)22(29)28-9-3-4-16(14-28)13-25-23(30)26-19-6-2-5-18(24)12-19/h2,5-8,10-12,16,27H,3-4,9,13-14H2,1H3,(H2,25,26,30). The number of likely N-dealkylation sites (tertiary alicyclic amines) is 1. The van der Waals surface area contributed by atoms with Crippen molar-refractivity contribution < 1.29 is 14.0 Å². The van der Waals surface area contributed by atoms with Gasteiger partial charge < -0.3 is 20.5 Å². The zero-order chi connectivity index (χ0) is 21.1. The Labute approximate surface area is 174 Å². The van der Waals surface area contributed by atoms with Crippen molar-refractivity contribution in [1.82, 2.24) is 15.2 Å². The topological polar surface area (TPSA) is 77.2 Å². The number of urea groups is 1. The molecule has 6 nitrogen and oxygen atoms in total. The second-order valence-electron chi connectivity index (χ2n) is 7.88. The minimum absolute atomic E-state index is 0.0160. The molecule has 1 unspecified atom stereocenters. The lowest BCUT2D eigenvalue weighted by atomic mass is 9.98. The summed E-state index contributed by atoms with van der Waals surface area (Å²) in [5.41, 5.74) is 3.10. The van der Waals surface area contributed by atoms with Crippen LogP contribution in [0.1, 0.15) is 28.9 Å². The van der Waals surface area contributed by atoms with Crippen LogP contribution in [0.25, 0.3) is 10.9 Å². The van der Waals surface area contributed by atoms with Crippen molar-refractivity contribution in [3.63, 3.8) is 0 Å². The number of piperidine rings is 1. The number of benzene rings is 2. The number of rotatable bonds is 4. The van der Waals surface area contributed by atoms with Gasteiger partial charge in [-0.3, -0.25) is 4.79 Å². The highest BCUT2D eigenvalue weighted by atomic mass is 19.1. The van der Waals surface area contributed by atoms with Gasteiger partial charge in [-0.25, -0.2) is 9.18 Å². The lowest BCUT2D eigenvalue weighted by molar-refractivity contribution is 0.0670. The van der Waals surface area contributed by atoms with Crippen LogP contribution in [0.3, 0.4) is 0 Å². The Balaban J connectivity index is 1.33. The number of carbonyl (C=O) groups is 2. The largest absolute Gasteiger partial charge is 0.351 e. The molecule has 2 heterocycles. The first kappa shape index (κ1) is 19.9. The highest BCUT2D eigenvalue weighted by Crippen LogP contribution is 2.21. The maximum Gasteiger partial charge on any atom is 0.319 e.